The molecular formula is C15H20N4O6. The summed E-state index contributed by atoms with van der Waals surface area (Å²) in [5.74, 6) is -1.25. The van der Waals surface area contributed by atoms with Gasteiger partial charge < -0.3 is 19.8 Å². The van der Waals surface area contributed by atoms with Gasteiger partial charge in [0, 0.05) is 11.3 Å². The highest BCUT2D eigenvalue weighted by Gasteiger charge is 2.31. The van der Waals surface area contributed by atoms with Crippen molar-refractivity contribution in [2.45, 2.75) is 38.8 Å². The maximum Gasteiger partial charge on any atom is 0.528 e. The third-order valence-electron chi connectivity index (χ3n) is 2.85. The summed E-state index contributed by atoms with van der Waals surface area (Å²) < 4.78 is 4.98. The largest absolute Gasteiger partial charge is 0.528 e. The second kappa shape index (κ2) is 8.76. The molecular weight excluding hydrogens is 332 g/mol. The molecule has 0 aliphatic carbocycles. The van der Waals surface area contributed by atoms with E-state index in [0.717, 1.165) is 5.06 Å². The summed E-state index contributed by atoms with van der Waals surface area (Å²) in [6, 6.07) is 4.55. The van der Waals surface area contributed by atoms with Crippen LogP contribution in [0.5, 0.6) is 5.75 Å². The molecule has 0 aromatic heterocycles. The predicted molar refractivity (Wildman–Crippen MR) is 86.4 cm³/mol. The summed E-state index contributed by atoms with van der Waals surface area (Å²) in [5.41, 5.74) is 8.20. The van der Waals surface area contributed by atoms with Crippen molar-refractivity contribution < 1.29 is 29.4 Å². The summed E-state index contributed by atoms with van der Waals surface area (Å²) in [4.78, 5) is 30.9. The molecule has 0 heterocycles. The number of carboxylic acid groups (broad SMARTS) is 1. The molecule has 0 saturated carbocycles. The minimum absolute atomic E-state index is 0.0339. The van der Waals surface area contributed by atoms with Crippen molar-refractivity contribution in [3.63, 3.8) is 0 Å². The van der Waals surface area contributed by atoms with E-state index >= 15 is 0 Å². The van der Waals surface area contributed by atoms with Gasteiger partial charge in [0.2, 0.25) is 0 Å². The highest BCUT2D eigenvalue weighted by molar-refractivity contribution is 5.74. The number of aromatic hydroxyl groups is 1. The van der Waals surface area contributed by atoms with Gasteiger partial charge in [-0.25, -0.2) is 4.79 Å². The van der Waals surface area contributed by atoms with E-state index in [1.165, 1.54) is 24.3 Å². The number of hydrogen-bond donors (Lipinski definition) is 2. The first-order chi connectivity index (χ1) is 11.6. The quantitative estimate of drug-likeness (QED) is 0.252. The Hall–Kier alpha value is -2.97. The van der Waals surface area contributed by atoms with Crippen LogP contribution in [0.15, 0.2) is 29.4 Å². The number of phenols is 1. The molecule has 0 bridgehead atoms. The third-order valence-corrected chi connectivity index (χ3v) is 2.85. The number of rotatable bonds is 7. The molecule has 1 rings (SSSR count). The topological polar surface area (TPSA) is 145 Å². The van der Waals surface area contributed by atoms with Crippen LogP contribution in [0.3, 0.4) is 0 Å². The lowest BCUT2D eigenvalue weighted by molar-refractivity contribution is -0.183. The number of carbonyl (C=O) groups is 2. The van der Waals surface area contributed by atoms with E-state index in [0.29, 0.717) is 5.56 Å². The van der Waals surface area contributed by atoms with Gasteiger partial charge in [-0.3, -0.25) is 4.79 Å². The number of ether oxygens (including phenoxy) is 1. The smallest absolute Gasteiger partial charge is 0.508 e. The lowest BCUT2D eigenvalue weighted by Gasteiger charge is -2.27. The van der Waals surface area contributed by atoms with Crippen molar-refractivity contribution in [1.29, 1.82) is 0 Å². The van der Waals surface area contributed by atoms with E-state index in [1.54, 1.807) is 20.8 Å². The summed E-state index contributed by atoms with van der Waals surface area (Å²) in [6.07, 6.45) is -1.17. The number of benzene rings is 1. The Balaban J connectivity index is 2.96. The summed E-state index contributed by atoms with van der Waals surface area (Å²) in [5, 5.41) is 22.7. The second-order valence-corrected chi connectivity index (χ2v) is 6.07. The molecule has 1 aromatic rings. The van der Waals surface area contributed by atoms with Crippen LogP contribution < -0.4 is 0 Å². The van der Waals surface area contributed by atoms with Crippen LogP contribution in [-0.2, 0) is 20.8 Å². The van der Waals surface area contributed by atoms with Gasteiger partial charge in [-0.05, 0) is 44.0 Å². The minimum atomic E-state index is -1.32. The fraction of sp³-hybridized carbons (Fsp3) is 0.467. The number of azide groups is 1. The molecule has 10 heteroatoms. The summed E-state index contributed by atoms with van der Waals surface area (Å²) in [7, 11) is 0. The Kier molecular flexibility index (Phi) is 7.04. The van der Waals surface area contributed by atoms with E-state index in [2.05, 4.69) is 10.0 Å². The highest BCUT2D eigenvalue weighted by Crippen LogP contribution is 2.16. The molecule has 0 fully saturated rings. The van der Waals surface area contributed by atoms with Crippen LogP contribution in [0.1, 0.15) is 26.3 Å². The molecule has 1 aromatic carbocycles. The molecule has 10 nitrogen and oxygen atoms in total. The average Bonchev–Trinajstić information content (AvgIpc) is 2.49. The van der Waals surface area contributed by atoms with Gasteiger partial charge in [0.25, 0.3) is 0 Å². The van der Waals surface area contributed by atoms with Crippen molar-refractivity contribution in [2.75, 3.05) is 6.67 Å². The van der Waals surface area contributed by atoms with Crippen molar-refractivity contribution in [3.05, 3.63) is 40.3 Å². The molecule has 136 valence electrons. The van der Waals surface area contributed by atoms with E-state index < -0.39 is 30.4 Å². The number of aliphatic carboxylic acids is 1. The molecule has 25 heavy (non-hydrogen) atoms. The first-order valence-electron chi connectivity index (χ1n) is 7.31. The Morgan fingerprint density at radius 3 is 2.40 bits per heavy atom. The molecule has 0 radical (unpaired) electrons. The van der Waals surface area contributed by atoms with E-state index in [4.69, 9.17) is 15.1 Å². The Bertz CT molecular complexity index is 649. The molecule has 1 atom stereocenters. The fourth-order valence-electron chi connectivity index (χ4n) is 1.81. The van der Waals surface area contributed by atoms with Crippen LogP contribution in [0, 0.1) is 0 Å². The van der Waals surface area contributed by atoms with Gasteiger partial charge in [0.1, 0.15) is 24.1 Å². The zero-order valence-corrected chi connectivity index (χ0v) is 14.1. The first kappa shape index (κ1) is 20.1. The average molecular weight is 352 g/mol. The summed E-state index contributed by atoms with van der Waals surface area (Å²) in [6.45, 7) is 4.36. The molecule has 0 aliphatic heterocycles. The van der Waals surface area contributed by atoms with Crippen LogP contribution in [0.25, 0.3) is 10.4 Å². The van der Waals surface area contributed by atoms with Crippen LogP contribution in [-0.4, -0.2) is 45.7 Å². The number of carboxylic acids is 1. The zero-order valence-electron chi connectivity index (χ0n) is 14.1. The highest BCUT2D eigenvalue weighted by atomic mass is 16.8. The van der Waals surface area contributed by atoms with Crippen LogP contribution in [0.2, 0.25) is 0 Å². The number of hydrogen-bond acceptors (Lipinski definition) is 7. The van der Waals surface area contributed by atoms with Gasteiger partial charge in [-0.15, -0.1) is 5.06 Å². The minimum Gasteiger partial charge on any atom is -0.508 e. The summed E-state index contributed by atoms with van der Waals surface area (Å²) >= 11 is 0. The van der Waals surface area contributed by atoms with Crippen LogP contribution >= 0.6 is 0 Å². The van der Waals surface area contributed by atoms with Gasteiger partial charge in [0.05, 0.1) is 0 Å². The maximum absolute atomic E-state index is 11.8. The van der Waals surface area contributed by atoms with E-state index in [9.17, 15) is 19.8 Å². The van der Waals surface area contributed by atoms with Crippen molar-refractivity contribution in [2.24, 2.45) is 5.11 Å². The van der Waals surface area contributed by atoms with Gasteiger partial charge in [0.15, 0.2) is 0 Å². The lowest BCUT2D eigenvalue weighted by Crippen LogP contribution is -2.44. The van der Waals surface area contributed by atoms with Crippen molar-refractivity contribution in [1.82, 2.24) is 5.06 Å². The number of carbonyl (C=O) groups excluding carboxylic acids is 1. The first-order valence-corrected chi connectivity index (χ1v) is 7.31. The van der Waals surface area contributed by atoms with Gasteiger partial charge in [-0.2, -0.15) is 0 Å². The molecule has 0 spiro atoms. The van der Waals surface area contributed by atoms with Crippen LogP contribution in [0.4, 0.5) is 4.79 Å². The molecule has 0 saturated heterocycles. The number of phenolic OH excluding ortho intramolecular Hbond substituents is 1. The standard InChI is InChI=1S/C15H20N4O6/c1-15(2,3)24-14(23)25-19(9-17-18-16)12(13(21)22)8-10-4-6-11(20)7-5-10/h4-7,12,20H,8-9H2,1-3H3,(H,21,22)/t12-/m0/s1. The van der Waals surface area contributed by atoms with Gasteiger partial charge >= 0.3 is 12.1 Å². The SMILES string of the molecule is CC(C)(C)OC(=O)ON(CN=[N+]=[N-])[C@@H](Cc1ccc(O)cc1)C(=O)O. The maximum atomic E-state index is 11.8. The number of hydroxylamine groups is 2. The lowest BCUT2D eigenvalue weighted by atomic mass is 10.1. The van der Waals surface area contributed by atoms with Gasteiger partial charge in [-0.1, -0.05) is 17.2 Å². The van der Waals surface area contributed by atoms with E-state index in [-0.39, 0.29) is 12.2 Å². The van der Waals surface area contributed by atoms with Crippen molar-refractivity contribution >= 4 is 12.1 Å². The predicted octanol–water partition coefficient (Wildman–Crippen LogP) is 2.82. The Labute approximate surface area is 144 Å². The molecule has 0 unspecified atom stereocenters. The molecule has 0 aliphatic rings. The molecule has 2 N–H and O–H groups in total. The fourth-order valence-corrected chi connectivity index (χ4v) is 1.81. The van der Waals surface area contributed by atoms with Crippen molar-refractivity contribution in [3.8, 4) is 5.75 Å². The normalized spacial score (nSPS) is 12.2. The number of nitrogens with zero attached hydrogens (tertiary/aromatic N) is 4. The third kappa shape index (κ3) is 7.42. The Morgan fingerprint density at radius 1 is 1.32 bits per heavy atom. The zero-order chi connectivity index (χ0) is 19.0. The second-order valence-electron chi connectivity index (χ2n) is 6.07. The Morgan fingerprint density at radius 2 is 1.92 bits per heavy atom. The molecule has 0 amide bonds. The van der Waals surface area contributed by atoms with E-state index in [1.807, 2.05) is 0 Å². The monoisotopic (exact) mass is 352 g/mol.